The Labute approximate surface area is 135 Å². The summed E-state index contributed by atoms with van der Waals surface area (Å²) in [5.41, 5.74) is 3.48. The van der Waals surface area contributed by atoms with E-state index in [9.17, 15) is 9.59 Å². The lowest BCUT2D eigenvalue weighted by molar-refractivity contribution is -0.139. The summed E-state index contributed by atoms with van der Waals surface area (Å²) < 4.78 is 1.69. The SMILES string of the molecule is Cc1nn(CC(C)C)c(Cl)c1/C=N\NC(=O)C(=O)NC(C)C. The van der Waals surface area contributed by atoms with E-state index >= 15 is 0 Å². The van der Waals surface area contributed by atoms with Gasteiger partial charge in [-0.2, -0.15) is 10.2 Å². The quantitative estimate of drug-likeness (QED) is 0.487. The Morgan fingerprint density at radius 1 is 1.32 bits per heavy atom. The fourth-order valence-corrected chi connectivity index (χ4v) is 2.01. The minimum absolute atomic E-state index is 0.117. The highest BCUT2D eigenvalue weighted by molar-refractivity contribution is 6.35. The lowest BCUT2D eigenvalue weighted by Gasteiger charge is -2.06. The largest absolute Gasteiger partial charge is 0.346 e. The maximum atomic E-state index is 11.5. The van der Waals surface area contributed by atoms with Crippen LogP contribution in [0, 0.1) is 12.8 Å². The Morgan fingerprint density at radius 2 is 1.95 bits per heavy atom. The number of hydrogen-bond acceptors (Lipinski definition) is 4. The summed E-state index contributed by atoms with van der Waals surface area (Å²) in [7, 11) is 0. The van der Waals surface area contributed by atoms with Crippen molar-refractivity contribution in [3.05, 3.63) is 16.4 Å². The number of rotatable bonds is 5. The number of hydrazone groups is 1. The van der Waals surface area contributed by atoms with E-state index in [1.807, 2.05) is 0 Å². The van der Waals surface area contributed by atoms with E-state index in [1.54, 1.807) is 25.5 Å². The van der Waals surface area contributed by atoms with E-state index in [0.29, 0.717) is 28.9 Å². The van der Waals surface area contributed by atoms with Gasteiger partial charge in [0.05, 0.1) is 17.5 Å². The zero-order valence-electron chi connectivity index (χ0n) is 13.5. The summed E-state index contributed by atoms with van der Waals surface area (Å²) in [6.07, 6.45) is 1.39. The number of nitrogens with one attached hydrogen (secondary N) is 2. The third kappa shape index (κ3) is 5.14. The second-order valence-electron chi connectivity index (χ2n) is 5.69. The van der Waals surface area contributed by atoms with Gasteiger partial charge in [-0.25, -0.2) is 5.43 Å². The topological polar surface area (TPSA) is 88.4 Å². The molecular formula is C14H22ClN5O2. The van der Waals surface area contributed by atoms with Crippen LogP contribution < -0.4 is 10.7 Å². The standard InChI is InChI=1S/C14H22ClN5O2/c1-8(2)7-20-12(15)11(10(5)19-20)6-16-18-14(22)13(21)17-9(3)4/h6,8-9H,7H2,1-5H3,(H,17,21)(H,18,22)/b16-6-. The molecule has 122 valence electrons. The van der Waals surface area contributed by atoms with Crippen LogP contribution in [-0.4, -0.2) is 33.9 Å². The highest BCUT2D eigenvalue weighted by Gasteiger charge is 2.15. The molecule has 1 aromatic heterocycles. The summed E-state index contributed by atoms with van der Waals surface area (Å²) >= 11 is 6.24. The van der Waals surface area contributed by atoms with Crippen LogP contribution in [0.3, 0.4) is 0 Å². The minimum atomic E-state index is -0.826. The molecule has 8 heteroatoms. The van der Waals surface area contributed by atoms with Crippen LogP contribution in [0.4, 0.5) is 0 Å². The lowest BCUT2D eigenvalue weighted by Crippen LogP contribution is -2.41. The Bertz CT molecular complexity index is 578. The van der Waals surface area contributed by atoms with Gasteiger partial charge in [-0.15, -0.1) is 0 Å². The Kier molecular flexibility index (Phi) is 6.55. The molecule has 0 aliphatic carbocycles. The molecule has 22 heavy (non-hydrogen) atoms. The lowest BCUT2D eigenvalue weighted by atomic mass is 10.2. The summed E-state index contributed by atoms with van der Waals surface area (Å²) in [4.78, 5) is 22.9. The molecule has 1 heterocycles. The molecule has 0 radical (unpaired) electrons. The van der Waals surface area contributed by atoms with Gasteiger partial charge in [0.2, 0.25) is 0 Å². The first kappa shape index (κ1) is 18.2. The van der Waals surface area contributed by atoms with Crippen LogP contribution in [0.1, 0.15) is 39.0 Å². The first-order chi connectivity index (χ1) is 10.2. The Hall–Kier alpha value is -1.89. The predicted octanol–water partition coefficient (Wildman–Crippen LogP) is 1.48. The fraction of sp³-hybridized carbons (Fsp3) is 0.571. The molecule has 0 atom stereocenters. The molecule has 0 aromatic carbocycles. The van der Waals surface area contributed by atoms with Crippen molar-refractivity contribution in [3.63, 3.8) is 0 Å². The van der Waals surface area contributed by atoms with Gasteiger partial charge in [-0.1, -0.05) is 25.4 Å². The van der Waals surface area contributed by atoms with E-state index in [1.165, 1.54) is 6.21 Å². The van der Waals surface area contributed by atoms with E-state index in [2.05, 4.69) is 34.8 Å². The highest BCUT2D eigenvalue weighted by Crippen LogP contribution is 2.18. The summed E-state index contributed by atoms with van der Waals surface area (Å²) in [6, 6.07) is -0.117. The second kappa shape index (κ2) is 7.93. The number of carbonyl (C=O) groups excluding carboxylic acids is 2. The normalized spacial score (nSPS) is 11.5. The molecule has 7 nitrogen and oxygen atoms in total. The van der Waals surface area contributed by atoms with Crippen LogP contribution in [0.25, 0.3) is 0 Å². The number of carbonyl (C=O) groups is 2. The van der Waals surface area contributed by atoms with Crippen LogP contribution in [0.5, 0.6) is 0 Å². The fourth-order valence-electron chi connectivity index (χ4n) is 1.71. The van der Waals surface area contributed by atoms with Crippen molar-refractivity contribution >= 4 is 29.6 Å². The summed E-state index contributed by atoms with van der Waals surface area (Å²) in [6.45, 7) is 10.2. The van der Waals surface area contributed by atoms with Gasteiger partial charge in [-0.3, -0.25) is 14.3 Å². The predicted molar refractivity (Wildman–Crippen MR) is 85.8 cm³/mol. The number of aryl methyl sites for hydroxylation is 1. The third-order valence-electron chi connectivity index (χ3n) is 2.63. The van der Waals surface area contributed by atoms with Gasteiger partial charge in [0.25, 0.3) is 0 Å². The molecule has 0 fully saturated rings. The van der Waals surface area contributed by atoms with Crippen molar-refractivity contribution < 1.29 is 9.59 Å². The van der Waals surface area contributed by atoms with Gasteiger partial charge in [-0.05, 0) is 26.7 Å². The van der Waals surface area contributed by atoms with Crippen molar-refractivity contribution in [1.82, 2.24) is 20.5 Å². The van der Waals surface area contributed by atoms with Crippen LogP contribution in [-0.2, 0) is 16.1 Å². The molecule has 1 aromatic rings. The van der Waals surface area contributed by atoms with E-state index < -0.39 is 11.8 Å². The van der Waals surface area contributed by atoms with E-state index in [4.69, 9.17) is 11.6 Å². The first-order valence-corrected chi connectivity index (χ1v) is 7.47. The first-order valence-electron chi connectivity index (χ1n) is 7.09. The molecule has 0 unspecified atom stereocenters. The third-order valence-corrected chi connectivity index (χ3v) is 3.03. The molecule has 1 rings (SSSR count). The number of nitrogens with zero attached hydrogens (tertiary/aromatic N) is 3. The zero-order chi connectivity index (χ0) is 16.9. The van der Waals surface area contributed by atoms with Crippen molar-refractivity contribution in [2.45, 2.75) is 47.2 Å². The number of hydrogen-bond donors (Lipinski definition) is 2. The average Bonchev–Trinajstić information content (AvgIpc) is 2.64. The van der Waals surface area contributed by atoms with Gasteiger partial charge < -0.3 is 5.32 Å². The van der Waals surface area contributed by atoms with Crippen molar-refractivity contribution in [2.75, 3.05) is 0 Å². The molecule has 0 aliphatic heterocycles. The van der Waals surface area contributed by atoms with E-state index in [-0.39, 0.29) is 6.04 Å². The van der Waals surface area contributed by atoms with Crippen molar-refractivity contribution in [2.24, 2.45) is 11.0 Å². The van der Waals surface area contributed by atoms with Crippen LogP contribution in [0.2, 0.25) is 5.15 Å². The number of halogens is 1. The minimum Gasteiger partial charge on any atom is -0.346 e. The average molecular weight is 328 g/mol. The molecule has 2 amide bonds. The maximum Gasteiger partial charge on any atom is 0.329 e. The maximum absolute atomic E-state index is 11.5. The number of amides is 2. The molecular weight excluding hydrogens is 306 g/mol. The van der Waals surface area contributed by atoms with Crippen molar-refractivity contribution in [3.8, 4) is 0 Å². The summed E-state index contributed by atoms with van der Waals surface area (Å²) in [5.74, 6) is -1.15. The summed E-state index contributed by atoms with van der Waals surface area (Å²) in [5, 5.41) is 11.0. The van der Waals surface area contributed by atoms with Crippen molar-refractivity contribution in [1.29, 1.82) is 0 Å². The van der Waals surface area contributed by atoms with Gasteiger partial charge in [0, 0.05) is 12.6 Å². The zero-order valence-corrected chi connectivity index (χ0v) is 14.2. The molecule has 0 bridgehead atoms. The number of aromatic nitrogens is 2. The molecule has 2 N–H and O–H groups in total. The van der Waals surface area contributed by atoms with Gasteiger partial charge >= 0.3 is 11.8 Å². The van der Waals surface area contributed by atoms with Crippen LogP contribution in [0.15, 0.2) is 5.10 Å². The highest BCUT2D eigenvalue weighted by atomic mass is 35.5. The van der Waals surface area contributed by atoms with E-state index in [0.717, 1.165) is 0 Å². The monoisotopic (exact) mass is 327 g/mol. The van der Waals surface area contributed by atoms with Gasteiger partial charge in [0.15, 0.2) is 0 Å². The van der Waals surface area contributed by atoms with Crippen LogP contribution >= 0.6 is 11.6 Å². The molecule has 0 saturated heterocycles. The molecule has 0 saturated carbocycles. The molecule has 0 spiro atoms. The Balaban J connectivity index is 2.73. The van der Waals surface area contributed by atoms with Gasteiger partial charge in [0.1, 0.15) is 5.15 Å². The smallest absolute Gasteiger partial charge is 0.329 e. The second-order valence-corrected chi connectivity index (χ2v) is 6.05. The Morgan fingerprint density at radius 3 is 2.50 bits per heavy atom. The molecule has 0 aliphatic rings.